The molecule has 1 aromatic carbocycles. The first-order valence-corrected chi connectivity index (χ1v) is 9.57. The summed E-state index contributed by atoms with van der Waals surface area (Å²) in [6, 6.07) is 8.24. The maximum absolute atomic E-state index is 10.7. The number of hydrogen-bond acceptors (Lipinski definition) is 1. The molecule has 0 aliphatic heterocycles. The number of aryl methyl sites for hydroxylation is 1. The number of hydrogen-bond donors (Lipinski definition) is 0. The van der Waals surface area contributed by atoms with Crippen LogP contribution in [-0.2, 0) is 30.6 Å². The standard InChI is InChI=1S/C8H13NO.C6H7.C2H7Si.2ClH.Hf/c9-8(10)7-4-5-1-2-6(7)3-5;1-6-4-2-3-5-6;1-3-2;;;/h5-7H,1-4H2,(H2,9,10);2-5H,1H3;3H,1-2H3;2*1H;/q;-1;;;;+4/p-3. The average molecular weight is 526 g/mol. The Labute approximate surface area is 169 Å². The molecule has 2 fully saturated rings. The second-order valence-electron chi connectivity index (χ2n) is 5.69. The molecule has 22 heavy (non-hydrogen) atoms. The molecule has 0 heterocycles. The van der Waals surface area contributed by atoms with Crippen LogP contribution in [0.4, 0.5) is 0 Å². The van der Waals surface area contributed by atoms with Gasteiger partial charge in [0, 0.05) is 15.4 Å². The summed E-state index contributed by atoms with van der Waals surface area (Å²) in [6.07, 6.45) is 4.77. The summed E-state index contributed by atoms with van der Waals surface area (Å²) in [5.41, 5.74) is 8.33. The van der Waals surface area contributed by atoms with Crippen molar-refractivity contribution in [3.63, 3.8) is 0 Å². The molecule has 6 heteroatoms. The van der Waals surface area contributed by atoms with E-state index in [1.807, 2.05) is 12.1 Å². The summed E-state index contributed by atoms with van der Waals surface area (Å²) < 4.78 is 0. The molecule has 123 valence electrons. The largest absolute Gasteiger partial charge is 4.00 e. The minimum Gasteiger partial charge on any atom is -1.00 e. The third-order valence-corrected chi connectivity index (χ3v) is 3.90. The van der Waals surface area contributed by atoms with Crippen LogP contribution in [0.2, 0.25) is 13.1 Å². The van der Waals surface area contributed by atoms with E-state index in [-0.39, 0.29) is 62.5 Å². The van der Waals surface area contributed by atoms with Crippen molar-refractivity contribution in [2.75, 3.05) is 0 Å². The van der Waals surface area contributed by atoms with Gasteiger partial charge < -0.3 is 35.3 Å². The van der Waals surface area contributed by atoms with E-state index in [9.17, 15) is 4.79 Å². The Morgan fingerprint density at radius 2 is 1.86 bits per heavy atom. The third kappa shape index (κ3) is 9.59. The predicted molar refractivity (Wildman–Crippen MR) is 83.9 cm³/mol. The molecule has 2 aliphatic carbocycles. The molecule has 3 atom stereocenters. The Balaban J connectivity index is -0.000000265. The van der Waals surface area contributed by atoms with Gasteiger partial charge in [0.05, 0.1) is 5.91 Å². The van der Waals surface area contributed by atoms with Crippen LogP contribution in [0.15, 0.2) is 24.3 Å². The minimum absolute atomic E-state index is 0. The van der Waals surface area contributed by atoms with Crippen molar-refractivity contribution in [2.45, 2.75) is 45.7 Å². The van der Waals surface area contributed by atoms with Gasteiger partial charge in [-0.25, -0.2) is 11.6 Å². The maximum Gasteiger partial charge on any atom is 4.00 e. The number of nitrogens with one attached hydrogen (secondary N) is 1. The summed E-state index contributed by atoms with van der Waals surface area (Å²) in [5, 5.41) is 0. The molecule has 1 N–H and O–H groups in total. The van der Waals surface area contributed by atoms with Crippen molar-refractivity contribution in [2.24, 2.45) is 17.8 Å². The second-order valence-corrected chi connectivity index (χ2v) is 6.84. The molecule has 2 bridgehead atoms. The van der Waals surface area contributed by atoms with Gasteiger partial charge in [0.25, 0.3) is 0 Å². The predicted octanol–water partition coefficient (Wildman–Crippen LogP) is -1.76. The van der Waals surface area contributed by atoms with E-state index in [1.165, 1.54) is 24.8 Å². The quantitative estimate of drug-likeness (QED) is 0.316. The Morgan fingerprint density at radius 1 is 1.27 bits per heavy atom. The van der Waals surface area contributed by atoms with Crippen molar-refractivity contribution in [1.29, 1.82) is 0 Å². The van der Waals surface area contributed by atoms with Gasteiger partial charge in [-0.1, -0.05) is 26.4 Å². The SMILES string of the molecule is C[SiH]C.Cc1cc[cH-]c1.[Cl-].[Cl-].[Hf+4].[NH-]C(=O)C1CC2CCC1C2. The number of fused-ring (bicyclic) bond motifs is 2. The van der Waals surface area contributed by atoms with E-state index in [1.54, 1.807) is 0 Å². The number of amides is 1. The molecule has 3 rings (SSSR count). The van der Waals surface area contributed by atoms with Gasteiger partial charge in [-0.15, -0.1) is 0 Å². The Morgan fingerprint density at radius 3 is 2.05 bits per heavy atom. The zero-order valence-corrected chi connectivity index (χ0v) is 19.9. The topological polar surface area (TPSA) is 40.9 Å². The second kappa shape index (κ2) is 15.0. The van der Waals surface area contributed by atoms with Crippen molar-refractivity contribution < 1.29 is 55.5 Å². The van der Waals surface area contributed by atoms with Crippen molar-refractivity contribution in [3.05, 3.63) is 35.6 Å². The van der Waals surface area contributed by atoms with Gasteiger partial charge in [-0.05, 0) is 31.1 Å². The van der Waals surface area contributed by atoms with E-state index < -0.39 is 0 Å². The first-order valence-electron chi connectivity index (χ1n) is 7.26. The number of carbonyl (C=O) groups excluding carboxylic acids is 1. The van der Waals surface area contributed by atoms with E-state index >= 15 is 0 Å². The molecular formula is C16H26Cl2HfNOSi. The van der Waals surface area contributed by atoms with E-state index in [0.717, 1.165) is 21.9 Å². The van der Waals surface area contributed by atoms with Gasteiger partial charge in [0.15, 0.2) is 0 Å². The third-order valence-electron chi connectivity index (χ3n) is 3.90. The summed E-state index contributed by atoms with van der Waals surface area (Å²) in [6.45, 7) is 6.50. The zero-order chi connectivity index (χ0) is 14.3. The van der Waals surface area contributed by atoms with Gasteiger partial charge in [0.2, 0.25) is 0 Å². The van der Waals surface area contributed by atoms with Crippen LogP contribution < -0.4 is 24.8 Å². The molecule has 0 aromatic heterocycles. The van der Waals surface area contributed by atoms with Gasteiger partial charge in [-0.2, -0.15) is 18.2 Å². The molecule has 1 radical (unpaired) electrons. The number of carbonyl (C=O) groups is 1. The smallest absolute Gasteiger partial charge is 1.00 e. The Hall–Kier alpha value is 0.487. The number of halogens is 2. The first-order chi connectivity index (χ1) is 9.08. The normalized spacial score (nSPS) is 23.3. The molecule has 0 spiro atoms. The molecule has 2 nitrogen and oxygen atoms in total. The van der Waals surface area contributed by atoms with Crippen molar-refractivity contribution in [1.82, 2.24) is 0 Å². The van der Waals surface area contributed by atoms with Crippen LogP contribution in [0.3, 0.4) is 0 Å². The zero-order valence-electron chi connectivity index (χ0n) is 13.6. The van der Waals surface area contributed by atoms with Gasteiger partial charge in [0.1, 0.15) is 0 Å². The summed E-state index contributed by atoms with van der Waals surface area (Å²) in [7, 11) is 0.750. The molecular weight excluding hydrogens is 500 g/mol. The molecule has 2 saturated carbocycles. The van der Waals surface area contributed by atoms with Gasteiger partial charge >= 0.3 is 25.8 Å². The minimum atomic E-state index is -0.313. The number of rotatable bonds is 1. The van der Waals surface area contributed by atoms with Crippen LogP contribution in [0.25, 0.3) is 5.73 Å². The fourth-order valence-corrected chi connectivity index (χ4v) is 3.04. The van der Waals surface area contributed by atoms with E-state index in [2.05, 4.69) is 32.2 Å². The Kier molecular flexibility index (Phi) is 18.7. The Bertz CT molecular complexity index is 376. The fourth-order valence-electron chi connectivity index (χ4n) is 3.04. The van der Waals surface area contributed by atoms with Crippen LogP contribution in [-0.4, -0.2) is 15.4 Å². The molecule has 1 amide bonds. The molecule has 3 unspecified atom stereocenters. The average Bonchev–Trinajstić information content (AvgIpc) is 3.07. The monoisotopic (exact) mass is 526 g/mol. The van der Waals surface area contributed by atoms with Crippen LogP contribution >= 0.6 is 0 Å². The molecule has 1 aromatic rings. The first kappa shape index (κ1) is 27.3. The summed E-state index contributed by atoms with van der Waals surface area (Å²) >= 11 is 0. The summed E-state index contributed by atoms with van der Waals surface area (Å²) in [5.74, 6) is 1.20. The fraction of sp³-hybridized carbons (Fsp3) is 0.625. The van der Waals surface area contributed by atoms with Crippen LogP contribution in [0.5, 0.6) is 0 Å². The van der Waals surface area contributed by atoms with Crippen LogP contribution in [0.1, 0.15) is 31.2 Å². The molecule has 0 saturated heterocycles. The van der Waals surface area contributed by atoms with Gasteiger partial charge in [-0.3, -0.25) is 0 Å². The van der Waals surface area contributed by atoms with Crippen molar-refractivity contribution >= 4 is 15.4 Å². The molecule has 2 aliphatic rings. The van der Waals surface area contributed by atoms with Crippen molar-refractivity contribution in [3.8, 4) is 0 Å². The van der Waals surface area contributed by atoms with E-state index in [4.69, 9.17) is 5.73 Å². The van der Waals surface area contributed by atoms with E-state index in [0.29, 0.717) is 5.92 Å². The maximum atomic E-state index is 10.7. The summed E-state index contributed by atoms with van der Waals surface area (Å²) in [4.78, 5) is 10.7. The van der Waals surface area contributed by atoms with Crippen LogP contribution in [0, 0.1) is 24.7 Å².